The van der Waals surface area contributed by atoms with Crippen molar-refractivity contribution in [3.8, 4) is 11.5 Å². The lowest BCUT2D eigenvalue weighted by Crippen LogP contribution is -2.51. The van der Waals surface area contributed by atoms with Gasteiger partial charge < -0.3 is 14.4 Å². The van der Waals surface area contributed by atoms with Crippen LogP contribution in [0.1, 0.15) is 30.0 Å². The SMILES string of the molecule is O=C([C@@H](c1ccccc1)N1CCN(Cc2ccc3c(c2)OCO3)CC1)N1CCCC1. The number of nitrogens with zero attached hydrogens (tertiary/aromatic N) is 3. The lowest BCUT2D eigenvalue weighted by Gasteiger charge is -2.40. The van der Waals surface area contributed by atoms with Crippen LogP contribution in [-0.4, -0.2) is 66.7 Å². The molecule has 0 aromatic heterocycles. The van der Waals surface area contributed by atoms with Crippen LogP contribution in [0.4, 0.5) is 0 Å². The number of piperazine rings is 1. The summed E-state index contributed by atoms with van der Waals surface area (Å²) >= 11 is 0. The highest BCUT2D eigenvalue weighted by molar-refractivity contribution is 5.83. The molecule has 0 spiro atoms. The molecule has 0 radical (unpaired) electrons. The van der Waals surface area contributed by atoms with Gasteiger partial charge in [-0.2, -0.15) is 0 Å². The minimum Gasteiger partial charge on any atom is -0.454 e. The molecule has 0 aliphatic carbocycles. The summed E-state index contributed by atoms with van der Waals surface area (Å²) in [6.45, 7) is 6.67. The zero-order valence-corrected chi connectivity index (χ0v) is 17.3. The van der Waals surface area contributed by atoms with Crippen molar-refractivity contribution in [2.45, 2.75) is 25.4 Å². The van der Waals surface area contributed by atoms with Crippen molar-refractivity contribution in [1.82, 2.24) is 14.7 Å². The molecule has 0 unspecified atom stereocenters. The third-order valence-electron chi connectivity index (χ3n) is 6.38. The van der Waals surface area contributed by atoms with Crippen molar-refractivity contribution < 1.29 is 14.3 Å². The number of likely N-dealkylation sites (tertiary alicyclic amines) is 1. The van der Waals surface area contributed by atoms with Gasteiger partial charge in [-0.05, 0) is 36.1 Å². The minimum atomic E-state index is -0.169. The van der Waals surface area contributed by atoms with Crippen molar-refractivity contribution in [2.24, 2.45) is 0 Å². The maximum absolute atomic E-state index is 13.4. The van der Waals surface area contributed by atoms with E-state index in [1.807, 2.05) is 24.3 Å². The number of benzene rings is 2. The Labute approximate surface area is 178 Å². The molecule has 2 aromatic rings. The molecule has 6 nitrogen and oxygen atoms in total. The van der Waals surface area contributed by atoms with E-state index in [0.717, 1.165) is 75.7 Å². The Morgan fingerprint density at radius 3 is 2.37 bits per heavy atom. The fourth-order valence-electron chi connectivity index (χ4n) is 4.73. The van der Waals surface area contributed by atoms with Crippen LogP contribution in [0, 0.1) is 0 Å². The van der Waals surface area contributed by atoms with Crippen molar-refractivity contribution in [2.75, 3.05) is 46.1 Å². The Kier molecular flexibility index (Phi) is 5.60. The molecule has 0 saturated carbocycles. The standard InChI is InChI=1S/C24H29N3O3/c28-24(27-10-4-5-11-27)23(20-6-2-1-3-7-20)26-14-12-25(13-15-26)17-19-8-9-21-22(16-19)30-18-29-21/h1-3,6-9,16,23H,4-5,10-15,17-18H2/t23-/m1/s1. The molecule has 158 valence electrons. The maximum atomic E-state index is 13.4. The van der Waals surface area contributed by atoms with E-state index < -0.39 is 0 Å². The lowest BCUT2D eigenvalue weighted by atomic mass is 10.0. The Morgan fingerprint density at radius 2 is 1.60 bits per heavy atom. The number of fused-ring (bicyclic) bond motifs is 1. The van der Waals surface area contributed by atoms with Crippen molar-refractivity contribution >= 4 is 5.91 Å². The normalized spacial score (nSPS) is 20.5. The molecule has 1 amide bonds. The Balaban J connectivity index is 1.25. The van der Waals surface area contributed by atoms with Crippen LogP contribution in [0.15, 0.2) is 48.5 Å². The number of hydrogen-bond acceptors (Lipinski definition) is 5. The van der Waals surface area contributed by atoms with Crippen LogP contribution in [0.3, 0.4) is 0 Å². The fourth-order valence-corrected chi connectivity index (χ4v) is 4.73. The van der Waals surface area contributed by atoms with E-state index >= 15 is 0 Å². The van der Waals surface area contributed by atoms with Gasteiger partial charge in [0.15, 0.2) is 11.5 Å². The molecule has 3 aliphatic heterocycles. The van der Waals surface area contributed by atoms with Crippen molar-refractivity contribution in [3.05, 3.63) is 59.7 Å². The summed E-state index contributed by atoms with van der Waals surface area (Å²) in [6, 6.07) is 16.3. The zero-order chi connectivity index (χ0) is 20.3. The summed E-state index contributed by atoms with van der Waals surface area (Å²) in [4.78, 5) is 20.2. The smallest absolute Gasteiger partial charge is 0.244 e. The van der Waals surface area contributed by atoms with Crippen molar-refractivity contribution in [1.29, 1.82) is 0 Å². The van der Waals surface area contributed by atoms with Crippen LogP contribution in [0.5, 0.6) is 11.5 Å². The first-order chi connectivity index (χ1) is 14.8. The number of carbonyl (C=O) groups is 1. The first-order valence-electron chi connectivity index (χ1n) is 11.0. The first kappa shape index (κ1) is 19.4. The molecule has 3 aliphatic rings. The molecule has 6 heteroatoms. The predicted molar refractivity (Wildman–Crippen MR) is 114 cm³/mol. The van der Waals surface area contributed by atoms with Crippen LogP contribution in [-0.2, 0) is 11.3 Å². The number of carbonyl (C=O) groups excluding carboxylic acids is 1. The Morgan fingerprint density at radius 1 is 0.867 bits per heavy atom. The third-order valence-corrected chi connectivity index (χ3v) is 6.38. The van der Waals surface area contributed by atoms with Gasteiger partial charge in [-0.1, -0.05) is 36.4 Å². The van der Waals surface area contributed by atoms with Gasteiger partial charge in [0.05, 0.1) is 0 Å². The summed E-state index contributed by atoms with van der Waals surface area (Å²) in [7, 11) is 0. The topological polar surface area (TPSA) is 45.3 Å². The molecule has 2 saturated heterocycles. The molecule has 0 N–H and O–H groups in total. The second-order valence-electron chi connectivity index (χ2n) is 8.35. The summed E-state index contributed by atoms with van der Waals surface area (Å²) in [5.41, 5.74) is 2.35. The van der Waals surface area contributed by atoms with E-state index in [1.165, 1.54) is 5.56 Å². The van der Waals surface area contributed by atoms with Gasteiger partial charge >= 0.3 is 0 Å². The molecular formula is C24H29N3O3. The van der Waals surface area contributed by atoms with E-state index in [0.29, 0.717) is 6.79 Å². The number of hydrogen-bond donors (Lipinski definition) is 0. The van der Waals surface area contributed by atoms with E-state index in [9.17, 15) is 4.79 Å². The van der Waals surface area contributed by atoms with E-state index in [1.54, 1.807) is 0 Å². The van der Waals surface area contributed by atoms with Gasteiger partial charge in [0, 0.05) is 45.8 Å². The first-order valence-corrected chi connectivity index (χ1v) is 11.0. The number of rotatable bonds is 5. The molecule has 5 rings (SSSR count). The monoisotopic (exact) mass is 407 g/mol. The number of ether oxygens (including phenoxy) is 2. The second kappa shape index (κ2) is 8.66. The Hall–Kier alpha value is -2.57. The molecule has 2 fully saturated rings. The highest BCUT2D eigenvalue weighted by Crippen LogP contribution is 2.33. The maximum Gasteiger partial charge on any atom is 0.244 e. The highest BCUT2D eigenvalue weighted by Gasteiger charge is 2.34. The van der Waals surface area contributed by atoms with Crippen LogP contribution < -0.4 is 9.47 Å². The predicted octanol–water partition coefficient (Wildman–Crippen LogP) is 2.90. The van der Waals surface area contributed by atoms with Gasteiger partial charge in [0.1, 0.15) is 6.04 Å². The fraction of sp³-hybridized carbons (Fsp3) is 0.458. The van der Waals surface area contributed by atoms with Gasteiger partial charge in [0.2, 0.25) is 12.7 Å². The molecule has 30 heavy (non-hydrogen) atoms. The van der Waals surface area contributed by atoms with E-state index in [-0.39, 0.29) is 11.9 Å². The van der Waals surface area contributed by atoms with Crippen LogP contribution in [0.2, 0.25) is 0 Å². The zero-order valence-electron chi connectivity index (χ0n) is 17.3. The summed E-state index contributed by atoms with van der Waals surface area (Å²) in [5.74, 6) is 1.93. The molecule has 3 heterocycles. The molecule has 1 atom stereocenters. The highest BCUT2D eigenvalue weighted by atomic mass is 16.7. The Bertz CT molecular complexity index is 875. The lowest BCUT2D eigenvalue weighted by molar-refractivity contribution is -0.137. The summed E-state index contributed by atoms with van der Waals surface area (Å²) in [5, 5.41) is 0. The van der Waals surface area contributed by atoms with Gasteiger partial charge in [-0.25, -0.2) is 0 Å². The van der Waals surface area contributed by atoms with Crippen LogP contribution >= 0.6 is 0 Å². The number of amides is 1. The van der Waals surface area contributed by atoms with Crippen LogP contribution in [0.25, 0.3) is 0 Å². The average molecular weight is 408 g/mol. The van der Waals surface area contributed by atoms with Gasteiger partial charge in [0.25, 0.3) is 0 Å². The van der Waals surface area contributed by atoms with E-state index in [2.05, 4.69) is 39.0 Å². The average Bonchev–Trinajstić information content (AvgIpc) is 3.48. The summed E-state index contributed by atoms with van der Waals surface area (Å²) in [6.07, 6.45) is 2.24. The van der Waals surface area contributed by atoms with Crippen molar-refractivity contribution in [3.63, 3.8) is 0 Å². The second-order valence-corrected chi connectivity index (χ2v) is 8.35. The van der Waals surface area contributed by atoms with Gasteiger partial charge in [-0.3, -0.25) is 14.6 Å². The largest absolute Gasteiger partial charge is 0.454 e. The molecule has 0 bridgehead atoms. The minimum absolute atomic E-state index is 0.169. The van der Waals surface area contributed by atoms with E-state index in [4.69, 9.17) is 9.47 Å². The summed E-state index contributed by atoms with van der Waals surface area (Å²) < 4.78 is 10.9. The van der Waals surface area contributed by atoms with Gasteiger partial charge in [-0.15, -0.1) is 0 Å². The molecule has 2 aromatic carbocycles. The third kappa shape index (κ3) is 4.02. The quantitative estimate of drug-likeness (QED) is 0.763. The molecular weight excluding hydrogens is 378 g/mol.